The van der Waals surface area contributed by atoms with Crippen LogP contribution >= 0.6 is 0 Å². The first-order valence-corrected chi connectivity index (χ1v) is 13.8. The van der Waals surface area contributed by atoms with Gasteiger partial charge in [0, 0.05) is 0 Å². The molecule has 0 amide bonds. The van der Waals surface area contributed by atoms with Crippen molar-refractivity contribution in [2.45, 2.75) is 65.1 Å². The molecule has 1 saturated carbocycles. The highest BCUT2D eigenvalue weighted by molar-refractivity contribution is 6.88. The molecule has 1 heteroatoms. The standard InChI is InChI=1S/C25H32Si/c1-5-13-25(14-15-25)18-19-16-21-7-6-8-23(24(21)17-19)20-9-11-22(12-10-20)26(2,3)4/h6-12,17H,5,13-16,18H2,1-4H3. The van der Waals surface area contributed by atoms with Crippen LogP contribution in [0.3, 0.4) is 0 Å². The summed E-state index contributed by atoms with van der Waals surface area (Å²) in [7, 11) is -1.23. The van der Waals surface area contributed by atoms with E-state index in [1.54, 1.807) is 10.8 Å². The minimum Gasteiger partial charge on any atom is -0.0656 e. The molecule has 2 aliphatic rings. The van der Waals surface area contributed by atoms with Gasteiger partial charge in [-0.2, -0.15) is 0 Å². The van der Waals surface area contributed by atoms with Gasteiger partial charge in [0.2, 0.25) is 0 Å². The molecule has 0 atom stereocenters. The van der Waals surface area contributed by atoms with Crippen LogP contribution in [0.4, 0.5) is 0 Å². The van der Waals surface area contributed by atoms with E-state index in [4.69, 9.17) is 0 Å². The summed E-state index contributed by atoms with van der Waals surface area (Å²) in [5.74, 6) is 0. The van der Waals surface area contributed by atoms with Crippen LogP contribution in [-0.4, -0.2) is 8.07 Å². The number of hydrogen-bond acceptors (Lipinski definition) is 0. The summed E-state index contributed by atoms with van der Waals surface area (Å²) < 4.78 is 0. The van der Waals surface area contributed by atoms with Crippen molar-refractivity contribution in [2.75, 3.05) is 0 Å². The maximum atomic E-state index is 2.52. The van der Waals surface area contributed by atoms with Gasteiger partial charge < -0.3 is 0 Å². The number of allylic oxidation sites excluding steroid dienone is 1. The van der Waals surface area contributed by atoms with E-state index in [9.17, 15) is 0 Å². The number of hydrogen-bond donors (Lipinski definition) is 0. The molecule has 136 valence electrons. The molecule has 0 N–H and O–H groups in total. The topological polar surface area (TPSA) is 0 Å². The van der Waals surface area contributed by atoms with Gasteiger partial charge in [0.05, 0.1) is 8.07 Å². The molecule has 0 unspecified atom stereocenters. The summed E-state index contributed by atoms with van der Waals surface area (Å²) in [6, 6.07) is 16.3. The Kier molecular flexibility index (Phi) is 4.47. The molecule has 0 heterocycles. The van der Waals surface area contributed by atoms with Crippen LogP contribution in [0.5, 0.6) is 0 Å². The molecule has 0 aromatic heterocycles. The Balaban J connectivity index is 1.62. The van der Waals surface area contributed by atoms with Gasteiger partial charge >= 0.3 is 0 Å². The normalized spacial score (nSPS) is 17.8. The summed E-state index contributed by atoms with van der Waals surface area (Å²) in [6.07, 6.45) is 10.6. The van der Waals surface area contributed by atoms with Crippen LogP contribution in [0.1, 0.15) is 50.2 Å². The Morgan fingerprint density at radius 2 is 1.69 bits per heavy atom. The Hall–Kier alpha value is -1.60. The van der Waals surface area contributed by atoms with Gasteiger partial charge in [-0.3, -0.25) is 0 Å². The maximum absolute atomic E-state index is 2.52. The van der Waals surface area contributed by atoms with E-state index in [1.807, 2.05) is 0 Å². The van der Waals surface area contributed by atoms with Crippen molar-refractivity contribution in [3.8, 4) is 11.1 Å². The Morgan fingerprint density at radius 3 is 2.31 bits per heavy atom. The maximum Gasteiger partial charge on any atom is 0.0775 e. The van der Waals surface area contributed by atoms with Gasteiger partial charge in [-0.05, 0) is 59.8 Å². The molecule has 2 aromatic carbocycles. The predicted molar refractivity (Wildman–Crippen MR) is 118 cm³/mol. The number of fused-ring (bicyclic) bond motifs is 1. The van der Waals surface area contributed by atoms with Crippen LogP contribution < -0.4 is 5.19 Å². The molecule has 4 rings (SSSR count). The lowest BCUT2D eigenvalue weighted by Crippen LogP contribution is -2.37. The first kappa shape index (κ1) is 17.8. The average molecular weight is 361 g/mol. The van der Waals surface area contributed by atoms with Crippen LogP contribution in [0.2, 0.25) is 19.6 Å². The van der Waals surface area contributed by atoms with E-state index in [1.165, 1.54) is 60.8 Å². The van der Waals surface area contributed by atoms with Crippen molar-refractivity contribution in [2.24, 2.45) is 5.41 Å². The zero-order valence-corrected chi connectivity index (χ0v) is 17.9. The fraction of sp³-hybridized carbons (Fsp3) is 0.440. The minimum atomic E-state index is -1.23. The molecule has 0 saturated heterocycles. The first-order valence-electron chi connectivity index (χ1n) is 10.3. The second-order valence-corrected chi connectivity index (χ2v) is 14.7. The quantitative estimate of drug-likeness (QED) is 0.496. The molecule has 1 fully saturated rings. The van der Waals surface area contributed by atoms with Gasteiger partial charge in [0.1, 0.15) is 0 Å². The molecule has 0 bridgehead atoms. The summed E-state index contributed by atoms with van der Waals surface area (Å²) in [6.45, 7) is 9.59. The van der Waals surface area contributed by atoms with Crippen LogP contribution in [-0.2, 0) is 6.42 Å². The zero-order valence-electron chi connectivity index (χ0n) is 16.9. The molecule has 2 aromatic rings. The van der Waals surface area contributed by atoms with Crippen molar-refractivity contribution in [3.05, 3.63) is 59.2 Å². The van der Waals surface area contributed by atoms with Crippen molar-refractivity contribution in [1.29, 1.82) is 0 Å². The van der Waals surface area contributed by atoms with Gasteiger partial charge in [-0.25, -0.2) is 0 Å². The second-order valence-electron chi connectivity index (χ2n) is 9.61. The SMILES string of the molecule is CCCC1(CC2=Cc3c(cccc3-c3ccc([Si](C)(C)C)cc3)C2)CC1. The minimum absolute atomic E-state index is 0.655. The van der Waals surface area contributed by atoms with E-state index in [2.05, 4.69) is 75.1 Å². The van der Waals surface area contributed by atoms with E-state index in [-0.39, 0.29) is 0 Å². The fourth-order valence-corrected chi connectivity index (χ4v) is 5.82. The second kappa shape index (κ2) is 6.53. The van der Waals surface area contributed by atoms with E-state index in [0.717, 1.165) is 0 Å². The van der Waals surface area contributed by atoms with Gasteiger partial charge in [0.25, 0.3) is 0 Å². The summed E-state index contributed by atoms with van der Waals surface area (Å²) in [5, 5.41) is 1.54. The lowest BCUT2D eigenvalue weighted by molar-refractivity contribution is 0.454. The predicted octanol–water partition coefficient (Wildman–Crippen LogP) is 6.81. The number of rotatable bonds is 6. The highest BCUT2D eigenvalue weighted by atomic mass is 28.3. The van der Waals surface area contributed by atoms with Crippen molar-refractivity contribution in [1.82, 2.24) is 0 Å². The molecular formula is C25H32Si. The first-order chi connectivity index (χ1) is 12.4. The fourth-order valence-electron chi connectivity index (χ4n) is 4.66. The summed E-state index contributed by atoms with van der Waals surface area (Å²) in [5.41, 5.74) is 8.12. The highest BCUT2D eigenvalue weighted by Crippen LogP contribution is 2.55. The lowest BCUT2D eigenvalue weighted by Gasteiger charge is -2.17. The van der Waals surface area contributed by atoms with Crippen LogP contribution in [0.15, 0.2) is 48.0 Å². The largest absolute Gasteiger partial charge is 0.0775 e. The Morgan fingerprint density at radius 1 is 0.962 bits per heavy atom. The molecule has 0 aliphatic heterocycles. The van der Waals surface area contributed by atoms with Crippen LogP contribution in [0, 0.1) is 5.41 Å². The summed E-state index contributed by atoms with van der Waals surface area (Å²) >= 11 is 0. The molecule has 26 heavy (non-hydrogen) atoms. The van der Waals surface area contributed by atoms with Gasteiger partial charge in [-0.1, -0.05) is 92.3 Å². The lowest BCUT2D eigenvalue weighted by atomic mass is 9.91. The van der Waals surface area contributed by atoms with E-state index in [0.29, 0.717) is 5.41 Å². The van der Waals surface area contributed by atoms with Crippen molar-refractivity contribution < 1.29 is 0 Å². The third-order valence-corrected chi connectivity index (χ3v) is 8.43. The third-order valence-electron chi connectivity index (χ3n) is 6.36. The number of benzene rings is 2. The van der Waals surface area contributed by atoms with Gasteiger partial charge in [-0.15, -0.1) is 0 Å². The highest BCUT2D eigenvalue weighted by Gasteiger charge is 2.42. The molecule has 0 spiro atoms. The molecular weight excluding hydrogens is 328 g/mol. The van der Waals surface area contributed by atoms with Crippen molar-refractivity contribution >= 4 is 19.3 Å². The van der Waals surface area contributed by atoms with Crippen molar-refractivity contribution in [3.63, 3.8) is 0 Å². The monoisotopic (exact) mass is 360 g/mol. The Bertz CT molecular complexity index is 829. The third kappa shape index (κ3) is 3.47. The Labute approximate surface area is 160 Å². The summed E-state index contributed by atoms with van der Waals surface area (Å²) in [4.78, 5) is 0. The van der Waals surface area contributed by atoms with E-state index < -0.39 is 8.07 Å². The average Bonchev–Trinajstić information content (AvgIpc) is 3.22. The van der Waals surface area contributed by atoms with Crippen LogP contribution in [0.25, 0.3) is 17.2 Å². The zero-order chi connectivity index (χ0) is 18.4. The molecule has 0 nitrogen and oxygen atoms in total. The molecule has 2 aliphatic carbocycles. The molecule has 0 radical (unpaired) electrons. The smallest absolute Gasteiger partial charge is 0.0656 e. The van der Waals surface area contributed by atoms with E-state index >= 15 is 0 Å². The van der Waals surface area contributed by atoms with Gasteiger partial charge in [0.15, 0.2) is 0 Å².